The number of nitriles is 1. The number of hydrogen-bond acceptors (Lipinski definition) is 3. The van der Waals surface area contributed by atoms with E-state index in [0.29, 0.717) is 16.5 Å². The summed E-state index contributed by atoms with van der Waals surface area (Å²) in [7, 11) is 3.11. The predicted octanol–water partition coefficient (Wildman–Crippen LogP) is 2.99. The van der Waals surface area contributed by atoms with Crippen molar-refractivity contribution in [2.75, 3.05) is 14.2 Å². The molecule has 0 aliphatic heterocycles. The second-order valence-corrected chi connectivity index (χ2v) is 3.64. The first kappa shape index (κ1) is 12.7. The number of hydrogen-bond donors (Lipinski definition) is 0. The number of halogens is 1. The molecule has 0 bridgehead atoms. The van der Waals surface area contributed by atoms with Crippen molar-refractivity contribution in [3.8, 4) is 17.6 Å². The Morgan fingerprint density at radius 3 is 2.25 bits per heavy atom. The van der Waals surface area contributed by atoms with Gasteiger partial charge in [0.1, 0.15) is 16.5 Å². The number of nitrogens with zero attached hydrogens (tertiary/aromatic N) is 1. The van der Waals surface area contributed by atoms with E-state index >= 15 is 0 Å². The fourth-order valence-corrected chi connectivity index (χ4v) is 2.04. The van der Waals surface area contributed by atoms with E-state index < -0.39 is 0 Å². The van der Waals surface area contributed by atoms with Gasteiger partial charge in [-0.05, 0) is 18.1 Å². The van der Waals surface area contributed by atoms with Gasteiger partial charge in [0.15, 0.2) is 0 Å². The van der Waals surface area contributed by atoms with E-state index in [0.717, 1.165) is 17.5 Å². The van der Waals surface area contributed by atoms with Gasteiger partial charge in [-0.3, -0.25) is 0 Å². The van der Waals surface area contributed by atoms with E-state index in [-0.39, 0.29) is 6.42 Å². The Hall–Kier alpha value is -1.40. The summed E-state index contributed by atoms with van der Waals surface area (Å²) in [5.41, 5.74) is 1.78. The van der Waals surface area contributed by atoms with Gasteiger partial charge in [-0.1, -0.05) is 18.5 Å². The van der Waals surface area contributed by atoms with Gasteiger partial charge in [-0.25, -0.2) is 0 Å². The average Bonchev–Trinajstić information content (AvgIpc) is 2.29. The largest absolute Gasteiger partial charge is 0.495 e. The third-order valence-electron chi connectivity index (χ3n) is 2.39. The smallest absolute Gasteiger partial charge is 0.145 e. The van der Waals surface area contributed by atoms with Gasteiger partial charge in [0.25, 0.3) is 0 Å². The van der Waals surface area contributed by atoms with Crippen LogP contribution < -0.4 is 9.47 Å². The fraction of sp³-hybridized carbons (Fsp3) is 0.417. The number of aryl methyl sites for hydroxylation is 1. The van der Waals surface area contributed by atoms with Crippen LogP contribution in [0.15, 0.2) is 6.07 Å². The summed E-state index contributed by atoms with van der Waals surface area (Å²) in [6.07, 6.45) is 1.07. The van der Waals surface area contributed by atoms with Crippen molar-refractivity contribution < 1.29 is 9.47 Å². The molecule has 0 unspecified atom stereocenters. The van der Waals surface area contributed by atoms with E-state index in [1.54, 1.807) is 7.11 Å². The van der Waals surface area contributed by atoms with Gasteiger partial charge in [-0.2, -0.15) is 5.26 Å². The Balaban J connectivity index is 3.42. The van der Waals surface area contributed by atoms with E-state index in [9.17, 15) is 0 Å². The minimum atomic E-state index is 0.278. The van der Waals surface area contributed by atoms with Crippen molar-refractivity contribution in [2.45, 2.75) is 19.8 Å². The van der Waals surface area contributed by atoms with Crippen LogP contribution in [-0.2, 0) is 12.8 Å². The number of rotatable bonds is 4. The molecule has 0 spiro atoms. The lowest BCUT2D eigenvalue weighted by atomic mass is 10.0. The molecule has 0 N–H and O–H groups in total. The Bertz CT molecular complexity index is 424. The molecule has 0 saturated heterocycles. The highest BCUT2D eigenvalue weighted by Crippen LogP contribution is 2.40. The molecular weight excluding hydrogens is 226 g/mol. The van der Waals surface area contributed by atoms with E-state index in [1.165, 1.54) is 7.11 Å². The molecule has 4 heteroatoms. The first-order chi connectivity index (χ1) is 7.69. The quantitative estimate of drug-likeness (QED) is 0.811. The lowest BCUT2D eigenvalue weighted by molar-refractivity contribution is 0.389. The van der Waals surface area contributed by atoms with E-state index in [2.05, 4.69) is 6.07 Å². The monoisotopic (exact) mass is 239 g/mol. The summed E-state index contributed by atoms with van der Waals surface area (Å²) < 4.78 is 10.5. The SMILES string of the molecule is CCc1cc(CC#N)c(OC)c(Cl)c1OC. The lowest BCUT2D eigenvalue weighted by Gasteiger charge is -2.15. The molecule has 0 saturated carbocycles. The van der Waals surface area contributed by atoms with Crippen LogP contribution in [0.1, 0.15) is 18.1 Å². The Kier molecular flexibility index (Phi) is 4.45. The van der Waals surface area contributed by atoms with Crippen molar-refractivity contribution in [3.05, 3.63) is 22.2 Å². The normalized spacial score (nSPS) is 9.69. The summed E-state index contributed by atoms with van der Waals surface area (Å²) in [4.78, 5) is 0. The van der Waals surface area contributed by atoms with Crippen LogP contribution in [0.2, 0.25) is 5.02 Å². The van der Waals surface area contributed by atoms with E-state index in [1.807, 2.05) is 13.0 Å². The molecule has 1 aromatic carbocycles. The topological polar surface area (TPSA) is 42.2 Å². The number of benzene rings is 1. The maximum atomic E-state index is 8.74. The number of methoxy groups -OCH3 is 2. The van der Waals surface area contributed by atoms with Gasteiger partial charge < -0.3 is 9.47 Å². The zero-order valence-electron chi connectivity index (χ0n) is 9.63. The first-order valence-corrected chi connectivity index (χ1v) is 5.36. The third kappa shape index (κ3) is 2.23. The minimum absolute atomic E-state index is 0.278. The van der Waals surface area contributed by atoms with E-state index in [4.69, 9.17) is 26.3 Å². The van der Waals surface area contributed by atoms with Crippen LogP contribution in [0.3, 0.4) is 0 Å². The molecule has 16 heavy (non-hydrogen) atoms. The third-order valence-corrected chi connectivity index (χ3v) is 2.73. The molecule has 86 valence electrons. The fourth-order valence-electron chi connectivity index (χ4n) is 1.65. The maximum Gasteiger partial charge on any atom is 0.145 e. The molecule has 3 nitrogen and oxygen atoms in total. The molecule has 1 aromatic rings. The Morgan fingerprint density at radius 1 is 1.25 bits per heavy atom. The highest BCUT2D eigenvalue weighted by molar-refractivity contribution is 6.33. The predicted molar refractivity (Wildman–Crippen MR) is 63.3 cm³/mol. The molecule has 0 heterocycles. The van der Waals surface area contributed by atoms with Crippen LogP contribution in [0.5, 0.6) is 11.5 Å². The summed E-state index contributed by atoms with van der Waals surface area (Å²) in [6.45, 7) is 2.01. The van der Waals surface area contributed by atoms with Crippen LogP contribution in [0.4, 0.5) is 0 Å². The second-order valence-electron chi connectivity index (χ2n) is 3.26. The summed E-state index contributed by atoms with van der Waals surface area (Å²) in [6, 6.07) is 4.00. The van der Waals surface area contributed by atoms with Crippen molar-refractivity contribution in [3.63, 3.8) is 0 Å². The summed E-state index contributed by atoms with van der Waals surface area (Å²) in [5.74, 6) is 1.15. The Morgan fingerprint density at radius 2 is 1.81 bits per heavy atom. The molecule has 0 aliphatic carbocycles. The van der Waals surface area contributed by atoms with Gasteiger partial charge >= 0.3 is 0 Å². The molecule has 0 fully saturated rings. The van der Waals surface area contributed by atoms with Gasteiger partial charge in [-0.15, -0.1) is 0 Å². The van der Waals surface area contributed by atoms with Crippen LogP contribution in [-0.4, -0.2) is 14.2 Å². The van der Waals surface area contributed by atoms with Crippen molar-refractivity contribution in [1.29, 1.82) is 5.26 Å². The van der Waals surface area contributed by atoms with Gasteiger partial charge in [0.05, 0.1) is 26.7 Å². The maximum absolute atomic E-state index is 8.74. The molecule has 0 aliphatic rings. The summed E-state index contributed by atoms with van der Waals surface area (Å²) >= 11 is 6.17. The van der Waals surface area contributed by atoms with Crippen molar-refractivity contribution in [1.82, 2.24) is 0 Å². The number of ether oxygens (including phenoxy) is 2. The average molecular weight is 240 g/mol. The molecule has 0 amide bonds. The Labute approximate surface area is 101 Å². The lowest BCUT2D eigenvalue weighted by Crippen LogP contribution is -1.99. The zero-order chi connectivity index (χ0) is 12.1. The van der Waals surface area contributed by atoms with Gasteiger partial charge in [0.2, 0.25) is 0 Å². The second kappa shape index (κ2) is 5.62. The van der Waals surface area contributed by atoms with Gasteiger partial charge in [0, 0.05) is 5.56 Å². The standard InChI is InChI=1S/C12H14ClNO2/c1-4-8-7-9(5-6-14)12(16-3)10(13)11(8)15-2/h7H,4-5H2,1-3H3. The summed E-state index contributed by atoms with van der Waals surface area (Å²) in [5, 5.41) is 9.18. The van der Waals surface area contributed by atoms with Crippen molar-refractivity contribution in [2.24, 2.45) is 0 Å². The molecule has 1 rings (SSSR count). The van der Waals surface area contributed by atoms with Crippen LogP contribution >= 0.6 is 11.6 Å². The highest BCUT2D eigenvalue weighted by atomic mass is 35.5. The molecule has 0 radical (unpaired) electrons. The van der Waals surface area contributed by atoms with Crippen LogP contribution in [0.25, 0.3) is 0 Å². The molecular formula is C12H14ClNO2. The van der Waals surface area contributed by atoms with Crippen LogP contribution in [0, 0.1) is 11.3 Å². The molecule has 0 aromatic heterocycles. The minimum Gasteiger partial charge on any atom is -0.495 e. The first-order valence-electron chi connectivity index (χ1n) is 4.98. The molecule has 0 atom stereocenters. The highest BCUT2D eigenvalue weighted by Gasteiger charge is 2.16. The zero-order valence-corrected chi connectivity index (χ0v) is 10.4. The van der Waals surface area contributed by atoms with Crippen molar-refractivity contribution >= 4 is 11.6 Å².